The summed E-state index contributed by atoms with van der Waals surface area (Å²) in [7, 11) is 0. The molecule has 45 heavy (non-hydrogen) atoms. The van der Waals surface area contributed by atoms with Gasteiger partial charge in [0.15, 0.2) is 5.96 Å². The van der Waals surface area contributed by atoms with E-state index in [-0.39, 0.29) is 31.6 Å². The number of aliphatic imine (C=N–C) groups is 1. The predicted octanol–water partition coefficient (Wildman–Crippen LogP) is -2.02. The second-order valence-electron chi connectivity index (χ2n) is 10.1. The summed E-state index contributed by atoms with van der Waals surface area (Å²) < 4.78 is 0. The maximum Gasteiger partial charge on any atom is 0.326 e. The molecule has 0 bridgehead atoms. The van der Waals surface area contributed by atoms with Crippen LogP contribution in [-0.4, -0.2) is 99.9 Å². The van der Waals surface area contributed by atoms with Crippen molar-refractivity contribution in [2.24, 2.45) is 22.2 Å². The number of hydrogen-bond acceptors (Lipinski definition) is 9. The highest BCUT2D eigenvalue weighted by molar-refractivity contribution is 7.98. The first-order valence-corrected chi connectivity index (χ1v) is 15.6. The van der Waals surface area contributed by atoms with Gasteiger partial charge in [0.2, 0.25) is 23.6 Å². The molecule has 12 N–H and O–H groups in total. The van der Waals surface area contributed by atoms with Crippen molar-refractivity contribution in [1.82, 2.24) is 31.2 Å². The van der Waals surface area contributed by atoms with E-state index in [4.69, 9.17) is 17.2 Å². The Morgan fingerprint density at radius 1 is 0.956 bits per heavy atom. The number of guanidine groups is 1. The fourth-order valence-electron chi connectivity index (χ4n) is 4.12. The number of thioether (sulfide) groups is 1. The molecular formula is C28H42N10O6S. The first-order valence-electron chi connectivity index (χ1n) is 14.2. The molecule has 0 saturated heterocycles. The molecule has 2 aromatic rings. The third-order valence-corrected chi connectivity index (χ3v) is 7.14. The van der Waals surface area contributed by atoms with Crippen LogP contribution in [0.5, 0.6) is 0 Å². The largest absolute Gasteiger partial charge is 0.480 e. The van der Waals surface area contributed by atoms with Crippen molar-refractivity contribution < 1.29 is 29.1 Å². The molecule has 0 aliphatic rings. The number of rotatable bonds is 20. The molecule has 1 heterocycles. The number of nitrogens with two attached hydrogens (primary N) is 3. The molecule has 4 amide bonds. The van der Waals surface area contributed by atoms with Gasteiger partial charge in [0.25, 0.3) is 0 Å². The molecule has 0 aliphatic heterocycles. The molecule has 0 fully saturated rings. The third-order valence-electron chi connectivity index (χ3n) is 6.50. The summed E-state index contributed by atoms with van der Waals surface area (Å²) in [5, 5.41) is 19.8. The average molecular weight is 647 g/mol. The number of H-pyrrole nitrogens is 1. The van der Waals surface area contributed by atoms with Crippen molar-refractivity contribution in [1.29, 1.82) is 0 Å². The Bertz CT molecular complexity index is 1270. The van der Waals surface area contributed by atoms with Crippen LogP contribution in [0.4, 0.5) is 0 Å². The van der Waals surface area contributed by atoms with E-state index < -0.39 is 60.3 Å². The number of hydrogen-bond donors (Lipinski definition) is 9. The van der Waals surface area contributed by atoms with Gasteiger partial charge < -0.3 is 48.6 Å². The Morgan fingerprint density at radius 3 is 2.29 bits per heavy atom. The normalized spacial score (nSPS) is 13.4. The van der Waals surface area contributed by atoms with Crippen LogP contribution >= 0.6 is 11.8 Å². The van der Waals surface area contributed by atoms with Gasteiger partial charge in [-0.2, -0.15) is 11.8 Å². The number of nitrogens with one attached hydrogen (secondary N) is 5. The molecule has 2 rings (SSSR count). The minimum atomic E-state index is -1.26. The Hall–Kier alpha value is -4.64. The lowest BCUT2D eigenvalue weighted by atomic mass is 10.0. The highest BCUT2D eigenvalue weighted by Gasteiger charge is 2.28. The molecule has 4 atom stereocenters. The van der Waals surface area contributed by atoms with E-state index in [9.17, 15) is 29.1 Å². The smallest absolute Gasteiger partial charge is 0.326 e. The second kappa shape index (κ2) is 19.6. The van der Waals surface area contributed by atoms with E-state index in [0.29, 0.717) is 24.4 Å². The summed E-state index contributed by atoms with van der Waals surface area (Å²) >= 11 is 1.44. The van der Waals surface area contributed by atoms with Crippen LogP contribution in [-0.2, 0) is 36.8 Å². The zero-order valence-electron chi connectivity index (χ0n) is 25.0. The van der Waals surface area contributed by atoms with Crippen LogP contribution in [0.3, 0.4) is 0 Å². The van der Waals surface area contributed by atoms with Crippen molar-refractivity contribution in [2.75, 3.05) is 25.1 Å². The summed E-state index contributed by atoms with van der Waals surface area (Å²) in [6.45, 7) is -0.201. The minimum absolute atomic E-state index is 0.0330. The lowest BCUT2D eigenvalue weighted by Crippen LogP contribution is -2.55. The Morgan fingerprint density at radius 2 is 1.67 bits per heavy atom. The van der Waals surface area contributed by atoms with Gasteiger partial charge >= 0.3 is 5.97 Å². The maximum absolute atomic E-state index is 13.2. The lowest BCUT2D eigenvalue weighted by Gasteiger charge is -2.22. The summed E-state index contributed by atoms with van der Waals surface area (Å²) in [4.78, 5) is 74.0. The maximum atomic E-state index is 13.2. The number of carboxylic acid groups (broad SMARTS) is 1. The molecule has 246 valence electrons. The lowest BCUT2D eigenvalue weighted by molar-refractivity contribution is -0.142. The molecule has 16 nitrogen and oxygen atoms in total. The number of carbonyl (C=O) groups excluding carboxylic acids is 4. The molecule has 1 aromatic heterocycles. The molecular weight excluding hydrogens is 604 g/mol. The van der Waals surface area contributed by atoms with Crippen molar-refractivity contribution in [3.63, 3.8) is 0 Å². The first kappa shape index (κ1) is 36.6. The Labute approximate surface area is 265 Å². The summed E-state index contributed by atoms with van der Waals surface area (Å²) in [6, 6.07) is 4.69. The number of imidazole rings is 1. The third kappa shape index (κ3) is 14.1. The van der Waals surface area contributed by atoms with Crippen LogP contribution in [0.15, 0.2) is 47.8 Å². The van der Waals surface area contributed by atoms with Crippen LogP contribution < -0.4 is 38.5 Å². The van der Waals surface area contributed by atoms with E-state index >= 15 is 0 Å². The predicted molar refractivity (Wildman–Crippen MR) is 170 cm³/mol. The van der Waals surface area contributed by atoms with E-state index in [1.807, 2.05) is 12.3 Å². The second-order valence-corrected chi connectivity index (χ2v) is 11.1. The van der Waals surface area contributed by atoms with Gasteiger partial charge in [-0.05, 0) is 36.8 Å². The standard InChI is InChI=1S/C28H42N10O6S/c1-45-11-9-20(26(42)38-22(27(43)44)13-18-14-32-16-35-18)36-23(39)15-34-25(41)21(12-17-6-3-2-4-7-17)37-24(40)19(29)8-5-10-33-28(30)31/h2-4,6-7,14,16,19-22H,5,8-13,15,29H2,1H3,(H,32,35)(H,34,41)(H,36,39)(H,37,40)(H,38,42)(H,43,44)(H4,30,31,33)/t19-,20-,21-,22-/m0/s1. The number of amides is 4. The number of aliphatic carboxylic acids is 1. The quantitative estimate of drug-likeness (QED) is 0.0430. The fraction of sp³-hybridized carbons (Fsp3) is 0.464. The number of carbonyl (C=O) groups is 5. The van der Waals surface area contributed by atoms with Crippen molar-refractivity contribution in [3.8, 4) is 0 Å². The molecule has 1 aromatic carbocycles. The first-order chi connectivity index (χ1) is 21.5. The van der Waals surface area contributed by atoms with Gasteiger partial charge in [0.05, 0.1) is 18.9 Å². The number of aromatic nitrogens is 2. The average Bonchev–Trinajstić information content (AvgIpc) is 3.52. The van der Waals surface area contributed by atoms with Crippen molar-refractivity contribution in [2.45, 2.75) is 56.3 Å². The van der Waals surface area contributed by atoms with Crippen LogP contribution in [0, 0.1) is 0 Å². The highest BCUT2D eigenvalue weighted by atomic mass is 32.2. The van der Waals surface area contributed by atoms with Crippen LogP contribution in [0.2, 0.25) is 0 Å². The number of carboxylic acids is 1. The number of nitrogens with zero attached hydrogens (tertiary/aromatic N) is 2. The minimum Gasteiger partial charge on any atom is -0.480 e. The summed E-state index contributed by atoms with van der Waals surface area (Å²) in [6.07, 6.45) is 5.71. The van der Waals surface area contributed by atoms with Crippen LogP contribution in [0.25, 0.3) is 0 Å². The molecule has 0 unspecified atom stereocenters. The fourth-order valence-corrected chi connectivity index (χ4v) is 4.59. The molecule has 0 radical (unpaired) electrons. The van der Waals surface area contributed by atoms with E-state index in [2.05, 4.69) is 36.2 Å². The van der Waals surface area contributed by atoms with E-state index in [1.54, 1.807) is 24.3 Å². The monoisotopic (exact) mass is 646 g/mol. The van der Waals surface area contributed by atoms with E-state index in [1.165, 1.54) is 24.3 Å². The topological polar surface area (TPSA) is 273 Å². The zero-order chi connectivity index (χ0) is 33.2. The van der Waals surface area contributed by atoms with Gasteiger partial charge in [-0.25, -0.2) is 9.78 Å². The summed E-state index contributed by atoms with van der Waals surface area (Å²) in [5.74, 6) is -3.36. The van der Waals surface area contributed by atoms with Crippen molar-refractivity contribution in [3.05, 3.63) is 54.1 Å². The summed E-state index contributed by atoms with van der Waals surface area (Å²) in [5.41, 5.74) is 17.9. The van der Waals surface area contributed by atoms with Gasteiger partial charge in [-0.15, -0.1) is 0 Å². The number of benzene rings is 1. The highest BCUT2D eigenvalue weighted by Crippen LogP contribution is 2.06. The molecule has 0 spiro atoms. The molecule has 17 heteroatoms. The Balaban J connectivity index is 2.02. The Kier molecular flexibility index (Phi) is 15.9. The van der Waals surface area contributed by atoms with Crippen molar-refractivity contribution >= 4 is 47.3 Å². The zero-order valence-corrected chi connectivity index (χ0v) is 25.8. The molecule has 0 saturated carbocycles. The van der Waals surface area contributed by atoms with Gasteiger partial charge in [0.1, 0.15) is 18.1 Å². The SMILES string of the molecule is CSCC[C@H](NC(=O)CNC(=O)[C@H](Cc1ccccc1)NC(=O)[C@@H](N)CCCN=C(N)N)C(=O)N[C@@H](Cc1cnc[nH]1)C(=O)O. The van der Waals surface area contributed by atoms with Gasteiger partial charge in [-0.3, -0.25) is 24.2 Å². The van der Waals surface area contributed by atoms with Crippen LogP contribution in [0.1, 0.15) is 30.5 Å². The van der Waals surface area contributed by atoms with Gasteiger partial charge in [-0.1, -0.05) is 30.3 Å². The molecule has 0 aliphatic carbocycles. The van der Waals surface area contributed by atoms with E-state index in [0.717, 1.165) is 5.56 Å². The van der Waals surface area contributed by atoms with Gasteiger partial charge in [0, 0.05) is 31.3 Å². The number of aromatic amines is 1.